The fourth-order valence-corrected chi connectivity index (χ4v) is 2.88. The Morgan fingerprint density at radius 2 is 2.16 bits per heavy atom. The van der Waals surface area contributed by atoms with E-state index >= 15 is 0 Å². The van der Waals surface area contributed by atoms with E-state index in [0.717, 1.165) is 29.8 Å². The maximum absolute atomic E-state index is 6.18. The molecule has 2 aromatic heterocycles. The first-order valence-electron chi connectivity index (χ1n) is 6.57. The summed E-state index contributed by atoms with van der Waals surface area (Å²) in [4.78, 5) is 8.67. The van der Waals surface area contributed by atoms with Crippen LogP contribution in [0.2, 0.25) is 5.15 Å². The second-order valence-electron chi connectivity index (χ2n) is 4.93. The van der Waals surface area contributed by atoms with Gasteiger partial charge >= 0.3 is 0 Å². The van der Waals surface area contributed by atoms with Gasteiger partial charge in [-0.15, -0.1) is 0 Å². The van der Waals surface area contributed by atoms with Crippen molar-refractivity contribution in [1.82, 2.24) is 9.97 Å². The van der Waals surface area contributed by atoms with Gasteiger partial charge in [-0.3, -0.25) is 4.98 Å². The average Bonchev–Trinajstić information content (AvgIpc) is 2.43. The molecule has 1 unspecified atom stereocenters. The molecule has 98 valence electrons. The van der Waals surface area contributed by atoms with Crippen LogP contribution in [-0.2, 0) is 6.42 Å². The molecule has 0 amide bonds. The number of rotatable bonds is 2. The molecule has 1 aliphatic rings. The van der Waals surface area contributed by atoms with Gasteiger partial charge in [0.05, 0.1) is 17.4 Å². The molecule has 1 N–H and O–H groups in total. The van der Waals surface area contributed by atoms with E-state index in [2.05, 4.69) is 21.4 Å². The van der Waals surface area contributed by atoms with Crippen molar-refractivity contribution in [2.75, 3.05) is 5.32 Å². The number of nitrogens with one attached hydrogen (secondary N) is 1. The Balaban J connectivity index is 1.93. The molecule has 3 rings (SSSR count). The van der Waals surface area contributed by atoms with Gasteiger partial charge in [-0.1, -0.05) is 17.7 Å². The van der Waals surface area contributed by atoms with E-state index in [-0.39, 0.29) is 6.04 Å². The summed E-state index contributed by atoms with van der Waals surface area (Å²) in [6, 6.07) is 6.36. The van der Waals surface area contributed by atoms with E-state index < -0.39 is 0 Å². The summed E-state index contributed by atoms with van der Waals surface area (Å²) in [5, 5.41) is 4.05. The lowest BCUT2D eigenvalue weighted by atomic mass is 9.91. The monoisotopic (exact) mass is 273 g/mol. The number of hydrogen-bond acceptors (Lipinski definition) is 3. The second-order valence-corrected chi connectivity index (χ2v) is 5.29. The van der Waals surface area contributed by atoms with Gasteiger partial charge in [-0.05, 0) is 49.4 Å². The lowest BCUT2D eigenvalue weighted by Gasteiger charge is -2.26. The van der Waals surface area contributed by atoms with Crippen molar-refractivity contribution in [2.45, 2.75) is 32.2 Å². The Morgan fingerprint density at radius 1 is 1.26 bits per heavy atom. The van der Waals surface area contributed by atoms with Crippen LogP contribution in [0.25, 0.3) is 0 Å². The minimum Gasteiger partial charge on any atom is -0.374 e. The quantitative estimate of drug-likeness (QED) is 0.843. The van der Waals surface area contributed by atoms with Crippen molar-refractivity contribution >= 4 is 17.3 Å². The molecule has 0 bridgehead atoms. The molecule has 0 saturated heterocycles. The topological polar surface area (TPSA) is 37.8 Å². The zero-order valence-electron chi connectivity index (χ0n) is 10.9. The molecule has 0 spiro atoms. The second kappa shape index (κ2) is 5.17. The largest absolute Gasteiger partial charge is 0.374 e. The number of aromatic nitrogens is 2. The van der Waals surface area contributed by atoms with Gasteiger partial charge < -0.3 is 5.32 Å². The van der Waals surface area contributed by atoms with E-state index in [1.54, 1.807) is 6.20 Å². The van der Waals surface area contributed by atoms with Gasteiger partial charge in [0.15, 0.2) is 5.15 Å². The summed E-state index contributed by atoms with van der Waals surface area (Å²) in [5.41, 5.74) is 4.52. The van der Waals surface area contributed by atoms with Crippen molar-refractivity contribution < 1.29 is 0 Å². The van der Waals surface area contributed by atoms with Gasteiger partial charge in [-0.25, -0.2) is 4.98 Å². The molecule has 19 heavy (non-hydrogen) atoms. The van der Waals surface area contributed by atoms with Crippen LogP contribution in [-0.4, -0.2) is 9.97 Å². The maximum Gasteiger partial charge on any atom is 0.152 e. The highest BCUT2D eigenvalue weighted by atomic mass is 35.5. The van der Waals surface area contributed by atoms with Crippen molar-refractivity contribution in [3.05, 3.63) is 52.6 Å². The molecule has 1 atom stereocenters. The summed E-state index contributed by atoms with van der Waals surface area (Å²) in [6.45, 7) is 2.04. The van der Waals surface area contributed by atoms with Crippen LogP contribution in [0.3, 0.4) is 0 Å². The number of hydrogen-bond donors (Lipinski definition) is 1. The summed E-state index contributed by atoms with van der Waals surface area (Å²) in [7, 11) is 0. The lowest BCUT2D eigenvalue weighted by Crippen LogP contribution is -2.19. The van der Waals surface area contributed by atoms with Crippen molar-refractivity contribution in [2.24, 2.45) is 0 Å². The smallest absolute Gasteiger partial charge is 0.152 e. The Hall–Kier alpha value is -1.61. The highest BCUT2D eigenvalue weighted by Gasteiger charge is 2.22. The summed E-state index contributed by atoms with van der Waals surface area (Å²) in [5.74, 6) is 0. The third kappa shape index (κ3) is 2.43. The van der Waals surface area contributed by atoms with Gasteiger partial charge in [-0.2, -0.15) is 0 Å². The first kappa shape index (κ1) is 12.4. The number of fused-ring (bicyclic) bond motifs is 1. The predicted molar refractivity (Wildman–Crippen MR) is 77.5 cm³/mol. The van der Waals surface area contributed by atoms with Crippen molar-refractivity contribution in [3.8, 4) is 0 Å². The number of anilines is 1. The average molecular weight is 274 g/mol. The maximum atomic E-state index is 6.18. The fourth-order valence-electron chi connectivity index (χ4n) is 2.62. The molecule has 4 heteroatoms. The number of nitrogens with zero attached hydrogens (tertiary/aromatic N) is 2. The third-order valence-corrected chi connectivity index (χ3v) is 3.91. The molecular weight excluding hydrogens is 258 g/mol. The highest BCUT2D eigenvalue weighted by Crippen LogP contribution is 2.33. The zero-order valence-corrected chi connectivity index (χ0v) is 11.6. The lowest BCUT2D eigenvalue weighted by molar-refractivity contribution is 0.583. The van der Waals surface area contributed by atoms with Crippen LogP contribution in [0, 0.1) is 6.92 Å². The number of aryl methyl sites for hydroxylation is 2. The highest BCUT2D eigenvalue weighted by molar-refractivity contribution is 6.32. The minimum absolute atomic E-state index is 0.227. The summed E-state index contributed by atoms with van der Waals surface area (Å²) in [6.07, 6.45) is 6.95. The number of pyridine rings is 2. The molecule has 0 radical (unpaired) electrons. The minimum atomic E-state index is 0.227. The van der Waals surface area contributed by atoms with Crippen LogP contribution >= 0.6 is 11.6 Å². The molecule has 1 aliphatic carbocycles. The van der Waals surface area contributed by atoms with Crippen LogP contribution in [0.4, 0.5) is 5.69 Å². The van der Waals surface area contributed by atoms with E-state index in [0.29, 0.717) is 5.15 Å². The van der Waals surface area contributed by atoms with Gasteiger partial charge in [0.1, 0.15) is 0 Å². The van der Waals surface area contributed by atoms with Crippen LogP contribution in [0.15, 0.2) is 30.6 Å². The zero-order chi connectivity index (χ0) is 13.2. The Bertz CT molecular complexity index is 577. The van der Waals surface area contributed by atoms with Crippen LogP contribution < -0.4 is 5.32 Å². The fraction of sp³-hybridized carbons (Fsp3) is 0.333. The predicted octanol–water partition coefficient (Wildman–Crippen LogP) is 3.93. The van der Waals surface area contributed by atoms with E-state index in [9.17, 15) is 0 Å². The normalized spacial score (nSPS) is 17.9. The first-order chi connectivity index (χ1) is 9.25. The Labute approximate surface area is 118 Å². The molecule has 0 fully saturated rings. The van der Waals surface area contributed by atoms with Gasteiger partial charge in [0.2, 0.25) is 0 Å². The molecule has 0 saturated carbocycles. The summed E-state index contributed by atoms with van der Waals surface area (Å²) < 4.78 is 0. The first-order valence-corrected chi connectivity index (χ1v) is 6.95. The number of halogens is 1. The van der Waals surface area contributed by atoms with E-state index in [1.807, 2.05) is 25.3 Å². The Kier molecular flexibility index (Phi) is 3.38. The van der Waals surface area contributed by atoms with Crippen LogP contribution in [0.5, 0.6) is 0 Å². The summed E-state index contributed by atoms with van der Waals surface area (Å²) >= 11 is 6.18. The van der Waals surface area contributed by atoms with Crippen molar-refractivity contribution in [3.63, 3.8) is 0 Å². The molecule has 2 aromatic rings. The molecule has 3 nitrogen and oxygen atoms in total. The third-order valence-electron chi connectivity index (χ3n) is 3.63. The van der Waals surface area contributed by atoms with E-state index in [4.69, 9.17) is 11.6 Å². The molecule has 2 heterocycles. The molecule has 0 aliphatic heterocycles. The SMILES string of the molecule is Cc1ccnc(Cl)c1NC1CCCc2cccnc21. The molecular formula is C15H16ClN3. The van der Waals surface area contributed by atoms with Gasteiger partial charge in [0.25, 0.3) is 0 Å². The van der Waals surface area contributed by atoms with Crippen LogP contribution in [0.1, 0.15) is 35.7 Å². The van der Waals surface area contributed by atoms with Crippen molar-refractivity contribution in [1.29, 1.82) is 0 Å². The van der Waals surface area contributed by atoms with Gasteiger partial charge in [0, 0.05) is 12.4 Å². The Morgan fingerprint density at radius 3 is 3.00 bits per heavy atom. The molecule has 0 aromatic carbocycles. The standard InChI is InChI=1S/C15H16ClN3/c1-10-7-9-18-15(16)13(10)19-12-6-2-4-11-5-3-8-17-14(11)12/h3,5,7-9,12,19H,2,4,6H2,1H3. The van der Waals surface area contributed by atoms with E-state index in [1.165, 1.54) is 12.0 Å².